The topological polar surface area (TPSA) is 61.8 Å². The molecular weight excluding hydrogens is 286 g/mol. The molecule has 0 unspecified atom stereocenters. The zero-order valence-corrected chi connectivity index (χ0v) is 12.3. The van der Waals surface area contributed by atoms with Gasteiger partial charge in [-0.1, -0.05) is 36.4 Å². The van der Waals surface area contributed by atoms with Crippen LogP contribution < -0.4 is 9.73 Å². The van der Waals surface area contributed by atoms with Crippen molar-refractivity contribution in [1.82, 2.24) is 4.83 Å². The third-order valence-electron chi connectivity index (χ3n) is 3.44. The Bertz CT molecular complexity index is 786. The van der Waals surface area contributed by atoms with E-state index in [1.807, 2.05) is 36.2 Å². The van der Waals surface area contributed by atoms with Crippen LogP contribution in [-0.4, -0.2) is 21.3 Å². The molecular formula is C15H15N3O2S. The number of rotatable bonds is 3. The zero-order valence-electron chi connectivity index (χ0n) is 11.5. The van der Waals surface area contributed by atoms with Crippen LogP contribution in [0.25, 0.3) is 0 Å². The summed E-state index contributed by atoms with van der Waals surface area (Å²) in [5.74, 6) is 0.677. The summed E-state index contributed by atoms with van der Waals surface area (Å²) in [6, 6.07) is 16.1. The molecule has 0 fully saturated rings. The van der Waals surface area contributed by atoms with Gasteiger partial charge in [-0.15, -0.1) is 0 Å². The Hall–Kier alpha value is -2.34. The number of sulfonamides is 1. The Labute approximate surface area is 124 Å². The molecule has 1 aliphatic heterocycles. The zero-order chi connectivity index (χ0) is 14.9. The minimum Gasteiger partial charge on any atom is -0.331 e. The molecule has 0 radical (unpaired) electrons. The standard InChI is InChI=1S/C15H15N3O2S/c1-18-14-10-6-5-7-12(14)11-15(18)16-17-21(19,20)13-8-3-2-4-9-13/h2-10,17H,11H2,1H3. The van der Waals surface area contributed by atoms with E-state index in [-0.39, 0.29) is 4.90 Å². The maximum atomic E-state index is 12.1. The van der Waals surface area contributed by atoms with Crippen LogP contribution in [0.5, 0.6) is 0 Å². The number of para-hydroxylation sites is 1. The predicted octanol–water partition coefficient (Wildman–Crippen LogP) is 1.97. The van der Waals surface area contributed by atoms with Crippen molar-refractivity contribution in [2.45, 2.75) is 11.3 Å². The van der Waals surface area contributed by atoms with Gasteiger partial charge in [-0.2, -0.15) is 18.4 Å². The molecule has 0 saturated heterocycles. The van der Waals surface area contributed by atoms with Crippen molar-refractivity contribution in [2.75, 3.05) is 11.9 Å². The molecule has 0 spiro atoms. The number of nitrogens with zero attached hydrogens (tertiary/aromatic N) is 2. The minimum absolute atomic E-state index is 0.201. The molecule has 6 heteroatoms. The van der Waals surface area contributed by atoms with Crippen LogP contribution in [0.4, 0.5) is 5.69 Å². The largest absolute Gasteiger partial charge is 0.331 e. The second-order valence-electron chi connectivity index (χ2n) is 4.80. The first-order chi connectivity index (χ1) is 10.1. The molecule has 2 aromatic rings. The maximum absolute atomic E-state index is 12.1. The fraction of sp³-hybridized carbons (Fsp3) is 0.133. The van der Waals surface area contributed by atoms with Gasteiger partial charge < -0.3 is 4.90 Å². The fourth-order valence-corrected chi connectivity index (χ4v) is 3.14. The summed E-state index contributed by atoms with van der Waals surface area (Å²) in [5, 5.41) is 4.07. The van der Waals surface area contributed by atoms with E-state index in [1.165, 1.54) is 12.1 Å². The molecule has 1 heterocycles. The van der Waals surface area contributed by atoms with Gasteiger partial charge in [0.1, 0.15) is 5.84 Å². The number of likely N-dealkylation sites (N-methyl/N-ethyl adjacent to an activating group) is 1. The van der Waals surface area contributed by atoms with Crippen molar-refractivity contribution < 1.29 is 8.42 Å². The molecule has 0 bridgehead atoms. The minimum atomic E-state index is -3.62. The highest BCUT2D eigenvalue weighted by molar-refractivity contribution is 7.89. The third kappa shape index (κ3) is 2.62. The number of hydrogen-bond donors (Lipinski definition) is 1. The lowest BCUT2D eigenvalue weighted by Crippen LogP contribution is -2.27. The van der Waals surface area contributed by atoms with E-state index in [4.69, 9.17) is 0 Å². The Morgan fingerprint density at radius 2 is 1.71 bits per heavy atom. The van der Waals surface area contributed by atoms with Crippen molar-refractivity contribution in [1.29, 1.82) is 0 Å². The Morgan fingerprint density at radius 3 is 2.43 bits per heavy atom. The Morgan fingerprint density at radius 1 is 1.05 bits per heavy atom. The van der Waals surface area contributed by atoms with E-state index in [0.29, 0.717) is 12.3 Å². The Kier molecular flexibility index (Phi) is 3.39. The van der Waals surface area contributed by atoms with E-state index in [2.05, 4.69) is 9.93 Å². The molecule has 2 aromatic carbocycles. The monoisotopic (exact) mass is 301 g/mol. The lowest BCUT2D eigenvalue weighted by atomic mass is 10.2. The van der Waals surface area contributed by atoms with Crippen molar-refractivity contribution in [3.05, 3.63) is 60.2 Å². The average Bonchev–Trinajstić information content (AvgIpc) is 2.83. The summed E-state index contributed by atoms with van der Waals surface area (Å²) in [5.41, 5.74) is 2.19. The fourth-order valence-electron chi connectivity index (χ4n) is 2.30. The Balaban J connectivity index is 1.83. The van der Waals surface area contributed by atoms with Crippen molar-refractivity contribution in [3.8, 4) is 0 Å². The van der Waals surface area contributed by atoms with Gasteiger partial charge >= 0.3 is 0 Å². The van der Waals surface area contributed by atoms with Crippen molar-refractivity contribution >= 4 is 21.5 Å². The van der Waals surface area contributed by atoms with Gasteiger partial charge in [0.05, 0.1) is 4.90 Å². The summed E-state index contributed by atoms with van der Waals surface area (Å²) in [6.07, 6.45) is 0.615. The van der Waals surface area contributed by atoms with Crippen molar-refractivity contribution in [3.63, 3.8) is 0 Å². The first-order valence-corrected chi connectivity index (χ1v) is 8.01. The maximum Gasteiger partial charge on any atom is 0.276 e. The van der Waals surface area contributed by atoms with Crippen LogP contribution in [0.2, 0.25) is 0 Å². The molecule has 0 saturated carbocycles. The summed E-state index contributed by atoms with van der Waals surface area (Å²) >= 11 is 0. The second-order valence-corrected chi connectivity index (χ2v) is 6.46. The third-order valence-corrected chi connectivity index (χ3v) is 4.66. The van der Waals surface area contributed by atoms with Gasteiger partial charge in [0.25, 0.3) is 10.0 Å². The highest BCUT2D eigenvalue weighted by Crippen LogP contribution is 2.27. The summed E-state index contributed by atoms with van der Waals surface area (Å²) < 4.78 is 24.3. The molecule has 0 amide bonds. The number of anilines is 1. The second kappa shape index (κ2) is 5.21. The van der Waals surface area contributed by atoms with Crippen molar-refractivity contribution in [2.24, 2.45) is 5.10 Å². The lowest BCUT2D eigenvalue weighted by molar-refractivity contribution is 0.584. The molecule has 0 atom stereocenters. The molecule has 0 aromatic heterocycles. The highest BCUT2D eigenvalue weighted by Gasteiger charge is 2.22. The van der Waals surface area contributed by atoms with E-state index in [0.717, 1.165) is 11.3 Å². The van der Waals surface area contributed by atoms with Crippen LogP contribution in [0, 0.1) is 0 Å². The molecule has 108 valence electrons. The predicted molar refractivity (Wildman–Crippen MR) is 82.7 cm³/mol. The molecule has 1 N–H and O–H groups in total. The average molecular weight is 301 g/mol. The first kappa shape index (κ1) is 13.6. The normalized spacial score (nSPS) is 16.0. The smallest absolute Gasteiger partial charge is 0.276 e. The molecule has 21 heavy (non-hydrogen) atoms. The number of hydrazone groups is 1. The van der Waals surface area contributed by atoms with Crippen LogP contribution in [0.1, 0.15) is 5.56 Å². The van der Waals surface area contributed by atoms with Gasteiger partial charge in [-0.3, -0.25) is 0 Å². The molecule has 5 nitrogen and oxygen atoms in total. The van der Waals surface area contributed by atoms with Gasteiger partial charge in [-0.25, -0.2) is 0 Å². The lowest BCUT2D eigenvalue weighted by Gasteiger charge is -2.13. The van der Waals surface area contributed by atoms with E-state index < -0.39 is 10.0 Å². The first-order valence-electron chi connectivity index (χ1n) is 6.53. The van der Waals surface area contributed by atoms with Gasteiger partial charge in [-0.05, 0) is 23.8 Å². The number of benzene rings is 2. The molecule has 3 rings (SSSR count). The number of hydrogen-bond acceptors (Lipinski definition) is 3. The van der Waals surface area contributed by atoms with E-state index in [9.17, 15) is 8.42 Å². The summed E-state index contributed by atoms with van der Waals surface area (Å²) in [4.78, 5) is 4.39. The number of fused-ring (bicyclic) bond motifs is 1. The summed E-state index contributed by atoms with van der Waals surface area (Å²) in [7, 11) is -1.75. The van der Waals surface area contributed by atoms with Gasteiger partial charge in [0.2, 0.25) is 0 Å². The van der Waals surface area contributed by atoms with Gasteiger partial charge in [0, 0.05) is 19.2 Å². The quantitative estimate of drug-likeness (QED) is 0.882. The number of amidine groups is 1. The SMILES string of the molecule is CN1C(=NNS(=O)(=O)c2ccccc2)Cc2ccccc21. The highest BCUT2D eigenvalue weighted by atomic mass is 32.2. The number of nitrogens with one attached hydrogen (secondary N) is 1. The van der Waals surface area contributed by atoms with Crippen LogP contribution >= 0.6 is 0 Å². The van der Waals surface area contributed by atoms with Crippen LogP contribution in [-0.2, 0) is 16.4 Å². The van der Waals surface area contributed by atoms with Crippen LogP contribution in [0.15, 0.2) is 64.6 Å². The molecule has 0 aliphatic carbocycles. The van der Waals surface area contributed by atoms with E-state index >= 15 is 0 Å². The van der Waals surface area contributed by atoms with Gasteiger partial charge in [0.15, 0.2) is 0 Å². The summed E-state index contributed by atoms with van der Waals surface area (Å²) in [6.45, 7) is 0. The molecule has 1 aliphatic rings. The van der Waals surface area contributed by atoms with E-state index in [1.54, 1.807) is 18.2 Å². The van der Waals surface area contributed by atoms with Crippen LogP contribution in [0.3, 0.4) is 0 Å².